The van der Waals surface area contributed by atoms with Crippen LogP contribution < -0.4 is 16.4 Å². The fourth-order valence-electron chi connectivity index (χ4n) is 1.31. The molecule has 0 saturated heterocycles. The molecule has 5 N–H and O–H groups in total. The molecule has 0 radical (unpaired) electrons. The van der Waals surface area contributed by atoms with Crippen LogP contribution in [0, 0.1) is 0 Å². The number of hydrogen-bond acceptors (Lipinski definition) is 3. The summed E-state index contributed by atoms with van der Waals surface area (Å²) in [7, 11) is 0. The van der Waals surface area contributed by atoms with Gasteiger partial charge in [-0.05, 0) is 32.0 Å². The van der Waals surface area contributed by atoms with Gasteiger partial charge in [0, 0.05) is 4.47 Å². The summed E-state index contributed by atoms with van der Waals surface area (Å²) >= 11 is 3.18. The van der Waals surface area contributed by atoms with Crippen molar-refractivity contribution < 1.29 is 19.5 Å². The maximum atomic E-state index is 11.8. The summed E-state index contributed by atoms with van der Waals surface area (Å²) in [4.78, 5) is 33.9. The van der Waals surface area contributed by atoms with Crippen LogP contribution in [0.15, 0.2) is 22.7 Å². The zero-order chi connectivity index (χ0) is 15.5. The minimum atomic E-state index is -1.25. The van der Waals surface area contributed by atoms with Crippen LogP contribution in [0.4, 0.5) is 10.5 Å². The predicted octanol–water partition coefficient (Wildman–Crippen LogP) is 1.53. The Labute approximate surface area is 123 Å². The molecule has 20 heavy (non-hydrogen) atoms. The number of benzene rings is 1. The molecule has 0 aliphatic carbocycles. The number of hydrogen-bond donors (Lipinski definition) is 4. The molecule has 0 atom stereocenters. The standard InChI is InChI=1S/C12H14BrN3O4/c1-12(2,10(14)19)16-11(20)15-8-5-6(13)3-4-7(8)9(17)18/h3-5H,1-2H3,(H2,14,19)(H,17,18)(H2,15,16,20). The van der Waals surface area contributed by atoms with Gasteiger partial charge in [-0.25, -0.2) is 9.59 Å². The van der Waals surface area contributed by atoms with Crippen molar-refractivity contribution in [2.45, 2.75) is 19.4 Å². The highest BCUT2D eigenvalue weighted by Crippen LogP contribution is 2.21. The van der Waals surface area contributed by atoms with Crippen molar-refractivity contribution >= 4 is 39.5 Å². The van der Waals surface area contributed by atoms with Crippen LogP contribution >= 0.6 is 15.9 Å². The van der Waals surface area contributed by atoms with Gasteiger partial charge in [-0.3, -0.25) is 4.79 Å². The molecule has 0 aliphatic heterocycles. The molecule has 108 valence electrons. The summed E-state index contributed by atoms with van der Waals surface area (Å²) in [5, 5.41) is 13.8. The van der Waals surface area contributed by atoms with Crippen molar-refractivity contribution in [3.63, 3.8) is 0 Å². The molecule has 0 heterocycles. The van der Waals surface area contributed by atoms with Gasteiger partial charge in [-0.1, -0.05) is 15.9 Å². The smallest absolute Gasteiger partial charge is 0.337 e. The highest BCUT2D eigenvalue weighted by atomic mass is 79.9. The molecule has 1 rings (SSSR count). The molecule has 8 heteroatoms. The van der Waals surface area contributed by atoms with Crippen LogP contribution in [-0.2, 0) is 4.79 Å². The summed E-state index contributed by atoms with van der Waals surface area (Å²) in [5.74, 6) is -1.89. The van der Waals surface area contributed by atoms with Gasteiger partial charge in [0.25, 0.3) is 0 Å². The molecular formula is C12H14BrN3O4. The van der Waals surface area contributed by atoms with E-state index >= 15 is 0 Å². The zero-order valence-electron chi connectivity index (χ0n) is 10.9. The van der Waals surface area contributed by atoms with E-state index in [2.05, 4.69) is 26.6 Å². The van der Waals surface area contributed by atoms with Crippen molar-refractivity contribution in [2.24, 2.45) is 5.73 Å². The zero-order valence-corrected chi connectivity index (χ0v) is 12.4. The normalized spacial score (nSPS) is 10.8. The average molecular weight is 344 g/mol. The summed E-state index contributed by atoms with van der Waals surface area (Å²) in [6.45, 7) is 2.88. The number of aromatic carboxylic acids is 1. The lowest BCUT2D eigenvalue weighted by Gasteiger charge is -2.22. The van der Waals surface area contributed by atoms with Gasteiger partial charge in [0.2, 0.25) is 5.91 Å². The number of nitrogens with two attached hydrogens (primary N) is 1. The highest BCUT2D eigenvalue weighted by molar-refractivity contribution is 9.10. The first-order valence-electron chi connectivity index (χ1n) is 5.55. The van der Waals surface area contributed by atoms with Crippen molar-refractivity contribution in [2.75, 3.05) is 5.32 Å². The van der Waals surface area contributed by atoms with Crippen LogP contribution in [-0.4, -0.2) is 28.6 Å². The van der Waals surface area contributed by atoms with E-state index in [-0.39, 0.29) is 11.3 Å². The number of carboxylic acid groups (broad SMARTS) is 1. The largest absolute Gasteiger partial charge is 0.478 e. The van der Waals surface area contributed by atoms with Crippen molar-refractivity contribution in [1.29, 1.82) is 0 Å². The molecule has 0 aliphatic rings. The topological polar surface area (TPSA) is 122 Å². The van der Waals surface area contributed by atoms with E-state index in [1.807, 2.05) is 0 Å². The lowest BCUT2D eigenvalue weighted by molar-refractivity contribution is -0.122. The Morgan fingerprint density at radius 2 is 1.90 bits per heavy atom. The lowest BCUT2D eigenvalue weighted by Crippen LogP contribution is -2.54. The van der Waals surface area contributed by atoms with Crippen LogP contribution in [0.1, 0.15) is 24.2 Å². The minimum absolute atomic E-state index is 0.0692. The summed E-state index contributed by atoms with van der Waals surface area (Å²) < 4.78 is 0.604. The second kappa shape index (κ2) is 5.91. The first-order valence-corrected chi connectivity index (χ1v) is 6.34. The van der Waals surface area contributed by atoms with E-state index < -0.39 is 23.4 Å². The van der Waals surface area contributed by atoms with Gasteiger partial charge in [0.15, 0.2) is 0 Å². The summed E-state index contributed by atoms with van der Waals surface area (Å²) in [5.41, 5.74) is 3.91. The van der Waals surface area contributed by atoms with Gasteiger partial charge in [-0.2, -0.15) is 0 Å². The lowest BCUT2D eigenvalue weighted by atomic mass is 10.1. The number of rotatable bonds is 4. The number of urea groups is 1. The third kappa shape index (κ3) is 3.95. The number of halogens is 1. The Balaban J connectivity index is 2.94. The molecule has 7 nitrogen and oxygen atoms in total. The maximum absolute atomic E-state index is 11.8. The first-order chi connectivity index (χ1) is 9.13. The SMILES string of the molecule is CC(C)(NC(=O)Nc1cc(Br)ccc1C(=O)O)C(N)=O. The van der Waals surface area contributed by atoms with E-state index in [1.165, 1.54) is 26.0 Å². The van der Waals surface area contributed by atoms with E-state index in [4.69, 9.17) is 10.8 Å². The van der Waals surface area contributed by atoms with Gasteiger partial charge in [0.05, 0.1) is 11.3 Å². The fraction of sp³-hybridized carbons (Fsp3) is 0.250. The molecule has 0 fully saturated rings. The number of amides is 3. The van der Waals surface area contributed by atoms with Gasteiger partial charge in [0.1, 0.15) is 5.54 Å². The van der Waals surface area contributed by atoms with Crippen molar-refractivity contribution in [3.05, 3.63) is 28.2 Å². The molecular weight excluding hydrogens is 330 g/mol. The van der Waals surface area contributed by atoms with Crippen LogP contribution in [0.5, 0.6) is 0 Å². The second-order valence-corrected chi connectivity index (χ2v) is 5.48. The van der Waals surface area contributed by atoms with Crippen LogP contribution in [0.2, 0.25) is 0 Å². The summed E-state index contributed by atoms with van der Waals surface area (Å²) in [6.07, 6.45) is 0. The van der Waals surface area contributed by atoms with Gasteiger partial charge in [-0.15, -0.1) is 0 Å². The minimum Gasteiger partial charge on any atom is -0.478 e. The molecule has 1 aromatic carbocycles. The Bertz CT molecular complexity index is 572. The van der Waals surface area contributed by atoms with Crippen molar-refractivity contribution in [1.82, 2.24) is 5.32 Å². The Hall–Kier alpha value is -2.09. The number of anilines is 1. The number of carboxylic acids is 1. The molecule has 0 saturated carbocycles. The fourth-order valence-corrected chi connectivity index (χ4v) is 1.67. The first kappa shape index (κ1) is 16.0. The number of carbonyl (C=O) groups excluding carboxylic acids is 2. The third-order valence-corrected chi connectivity index (χ3v) is 3.00. The number of primary amides is 1. The average Bonchev–Trinajstić information content (AvgIpc) is 2.27. The maximum Gasteiger partial charge on any atom is 0.337 e. The molecule has 0 unspecified atom stereocenters. The highest BCUT2D eigenvalue weighted by Gasteiger charge is 2.27. The Morgan fingerprint density at radius 3 is 2.40 bits per heavy atom. The molecule has 0 aromatic heterocycles. The molecule has 0 spiro atoms. The second-order valence-electron chi connectivity index (χ2n) is 4.56. The summed E-state index contributed by atoms with van der Waals surface area (Å²) in [6, 6.07) is 3.61. The number of nitrogens with one attached hydrogen (secondary N) is 2. The monoisotopic (exact) mass is 343 g/mol. The molecule has 0 bridgehead atoms. The van der Waals surface area contributed by atoms with Crippen molar-refractivity contribution in [3.8, 4) is 0 Å². The Morgan fingerprint density at radius 1 is 1.30 bits per heavy atom. The van der Waals surface area contributed by atoms with E-state index in [1.54, 1.807) is 6.07 Å². The van der Waals surface area contributed by atoms with E-state index in [0.717, 1.165) is 0 Å². The quantitative estimate of drug-likeness (QED) is 0.662. The number of carbonyl (C=O) groups is 3. The molecule has 3 amide bonds. The van der Waals surface area contributed by atoms with Crippen LogP contribution in [0.3, 0.4) is 0 Å². The van der Waals surface area contributed by atoms with Gasteiger partial charge >= 0.3 is 12.0 Å². The third-order valence-electron chi connectivity index (χ3n) is 2.50. The Kier molecular flexibility index (Phi) is 4.72. The van der Waals surface area contributed by atoms with Crippen LogP contribution in [0.25, 0.3) is 0 Å². The van der Waals surface area contributed by atoms with E-state index in [9.17, 15) is 14.4 Å². The predicted molar refractivity (Wildman–Crippen MR) is 76.5 cm³/mol. The van der Waals surface area contributed by atoms with E-state index in [0.29, 0.717) is 4.47 Å². The molecule has 1 aromatic rings. The van der Waals surface area contributed by atoms with Gasteiger partial charge < -0.3 is 21.5 Å².